The van der Waals surface area contributed by atoms with E-state index in [1.807, 2.05) is 32.0 Å². The van der Waals surface area contributed by atoms with E-state index in [1.54, 1.807) is 0 Å². The molecule has 0 aromatic heterocycles. The zero-order valence-corrected chi connectivity index (χ0v) is 16.6. The predicted molar refractivity (Wildman–Crippen MR) is 103 cm³/mol. The standard InChI is InChI=1S/C19H22F2N2O4S/c1-13-8-14(2)10-16(9-13)27-7-6-22-19(24)12-23(28(3,25)26)15-4-5-17(20)18(21)11-15/h4-5,8-11H,6-7,12H2,1-3H3,(H,22,24). The second-order valence-corrected chi connectivity index (χ2v) is 8.30. The third kappa shape index (κ3) is 6.19. The van der Waals surface area contributed by atoms with Gasteiger partial charge in [-0.15, -0.1) is 0 Å². The van der Waals surface area contributed by atoms with Crippen LogP contribution in [0.5, 0.6) is 5.75 Å². The van der Waals surface area contributed by atoms with E-state index in [0.717, 1.165) is 35.6 Å². The number of sulfonamides is 1. The maximum absolute atomic E-state index is 13.4. The van der Waals surface area contributed by atoms with Gasteiger partial charge in [0, 0.05) is 6.07 Å². The summed E-state index contributed by atoms with van der Waals surface area (Å²) in [4.78, 5) is 12.1. The summed E-state index contributed by atoms with van der Waals surface area (Å²) in [6, 6.07) is 8.36. The summed E-state index contributed by atoms with van der Waals surface area (Å²) >= 11 is 0. The number of ether oxygens (including phenoxy) is 1. The Balaban J connectivity index is 1.94. The van der Waals surface area contributed by atoms with E-state index in [0.29, 0.717) is 10.1 Å². The van der Waals surface area contributed by atoms with Crippen LogP contribution in [0.3, 0.4) is 0 Å². The van der Waals surface area contributed by atoms with Crippen molar-refractivity contribution >= 4 is 21.6 Å². The molecular formula is C19H22F2N2O4S. The number of benzene rings is 2. The van der Waals surface area contributed by atoms with Gasteiger partial charge < -0.3 is 10.1 Å². The van der Waals surface area contributed by atoms with Gasteiger partial charge in [-0.1, -0.05) is 6.07 Å². The maximum atomic E-state index is 13.4. The van der Waals surface area contributed by atoms with Crippen molar-refractivity contribution in [1.29, 1.82) is 0 Å². The normalized spacial score (nSPS) is 11.2. The number of hydrogen-bond acceptors (Lipinski definition) is 4. The molecule has 152 valence electrons. The summed E-state index contributed by atoms with van der Waals surface area (Å²) in [5.41, 5.74) is 1.96. The molecule has 1 N–H and O–H groups in total. The number of nitrogens with one attached hydrogen (secondary N) is 1. The zero-order chi connectivity index (χ0) is 20.9. The number of aryl methyl sites for hydroxylation is 2. The quantitative estimate of drug-likeness (QED) is 0.676. The van der Waals surface area contributed by atoms with Crippen LogP contribution in [0.1, 0.15) is 11.1 Å². The Morgan fingerprint density at radius 3 is 2.29 bits per heavy atom. The Kier molecular flexibility index (Phi) is 6.95. The summed E-state index contributed by atoms with van der Waals surface area (Å²) < 4.78 is 56.7. The molecule has 2 rings (SSSR count). The molecule has 2 aromatic rings. The highest BCUT2D eigenvalue weighted by Gasteiger charge is 2.21. The molecule has 0 unspecified atom stereocenters. The van der Waals surface area contributed by atoms with E-state index in [4.69, 9.17) is 4.74 Å². The highest BCUT2D eigenvalue weighted by atomic mass is 32.2. The van der Waals surface area contributed by atoms with Crippen molar-refractivity contribution in [2.45, 2.75) is 13.8 Å². The number of carbonyl (C=O) groups excluding carboxylic acids is 1. The molecule has 6 nitrogen and oxygen atoms in total. The molecule has 0 heterocycles. The van der Waals surface area contributed by atoms with Gasteiger partial charge in [-0.05, 0) is 49.2 Å². The summed E-state index contributed by atoms with van der Waals surface area (Å²) in [5, 5.41) is 2.54. The molecule has 0 spiro atoms. The van der Waals surface area contributed by atoms with Crippen molar-refractivity contribution in [1.82, 2.24) is 5.32 Å². The molecule has 0 aliphatic heterocycles. The minimum Gasteiger partial charge on any atom is -0.492 e. The van der Waals surface area contributed by atoms with Gasteiger partial charge in [0.1, 0.15) is 18.9 Å². The fourth-order valence-electron chi connectivity index (χ4n) is 2.60. The van der Waals surface area contributed by atoms with Crippen LogP contribution >= 0.6 is 0 Å². The summed E-state index contributed by atoms with van der Waals surface area (Å²) in [6.07, 6.45) is 0.880. The second kappa shape index (κ2) is 9.01. The van der Waals surface area contributed by atoms with Crippen LogP contribution in [0.25, 0.3) is 0 Å². The first kappa shape index (κ1) is 21.6. The summed E-state index contributed by atoms with van der Waals surface area (Å²) in [7, 11) is -3.87. The van der Waals surface area contributed by atoms with Crippen LogP contribution < -0.4 is 14.4 Å². The Hall–Kier alpha value is -2.68. The molecule has 0 aliphatic carbocycles. The fourth-order valence-corrected chi connectivity index (χ4v) is 3.45. The lowest BCUT2D eigenvalue weighted by Crippen LogP contribution is -2.41. The lowest BCUT2D eigenvalue weighted by molar-refractivity contribution is -0.119. The van der Waals surface area contributed by atoms with Crippen LogP contribution in [0.2, 0.25) is 0 Å². The molecule has 0 fully saturated rings. The third-order valence-electron chi connectivity index (χ3n) is 3.77. The van der Waals surface area contributed by atoms with E-state index in [9.17, 15) is 22.0 Å². The zero-order valence-electron chi connectivity index (χ0n) is 15.8. The average molecular weight is 412 g/mol. The van der Waals surface area contributed by atoms with Crippen molar-refractivity contribution in [3.05, 3.63) is 59.2 Å². The monoisotopic (exact) mass is 412 g/mol. The smallest absolute Gasteiger partial charge is 0.240 e. The molecular weight excluding hydrogens is 390 g/mol. The van der Waals surface area contributed by atoms with Crippen LogP contribution in [0, 0.1) is 25.5 Å². The van der Waals surface area contributed by atoms with Gasteiger partial charge >= 0.3 is 0 Å². The van der Waals surface area contributed by atoms with Gasteiger partial charge in [0.25, 0.3) is 0 Å². The summed E-state index contributed by atoms with van der Waals surface area (Å²) in [6.45, 7) is 3.67. The maximum Gasteiger partial charge on any atom is 0.240 e. The van der Waals surface area contributed by atoms with Crippen molar-refractivity contribution < 1.29 is 26.7 Å². The van der Waals surface area contributed by atoms with E-state index in [2.05, 4.69) is 5.32 Å². The summed E-state index contributed by atoms with van der Waals surface area (Å²) in [5.74, 6) is -2.23. The molecule has 0 bridgehead atoms. The Bertz CT molecular complexity index is 944. The second-order valence-electron chi connectivity index (χ2n) is 6.39. The van der Waals surface area contributed by atoms with Crippen molar-refractivity contribution in [2.24, 2.45) is 0 Å². The number of anilines is 1. The average Bonchev–Trinajstić information content (AvgIpc) is 2.57. The topological polar surface area (TPSA) is 75.7 Å². The highest BCUT2D eigenvalue weighted by Crippen LogP contribution is 2.20. The largest absolute Gasteiger partial charge is 0.492 e. The first-order valence-electron chi connectivity index (χ1n) is 8.47. The lowest BCUT2D eigenvalue weighted by Gasteiger charge is -2.22. The Labute approximate surface area is 163 Å². The van der Waals surface area contributed by atoms with Crippen molar-refractivity contribution in [3.8, 4) is 5.75 Å². The minimum atomic E-state index is -3.87. The molecule has 9 heteroatoms. The van der Waals surface area contributed by atoms with Gasteiger partial charge in [-0.25, -0.2) is 17.2 Å². The molecule has 2 aromatic carbocycles. The van der Waals surface area contributed by atoms with Crippen LogP contribution in [-0.2, 0) is 14.8 Å². The molecule has 28 heavy (non-hydrogen) atoms. The van der Waals surface area contributed by atoms with E-state index in [-0.39, 0.29) is 18.8 Å². The Morgan fingerprint density at radius 1 is 1.07 bits per heavy atom. The van der Waals surface area contributed by atoms with Gasteiger partial charge in [-0.2, -0.15) is 0 Å². The lowest BCUT2D eigenvalue weighted by atomic mass is 10.1. The first-order valence-corrected chi connectivity index (χ1v) is 10.3. The van der Waals surface area contributed by atoms with Crippen LogP contribution in [0.15, 0.2) is 36.4 Å². The number of amides is 1. The first-order chi connectivity index (χ1) is 13.1. The molecule has 1 amide bonds. The molecule has 0 aliphatic rings. The number of hydrogen-bond donors (Lipinski definition) is 1. The number of halogens is 2. The third-order valence-corrected chi connectivity index (χ3v) is 4.91. The van der Waals surface area contributed by atoms with E-state index in [1.165, 1.54) is 0 Å². The van der Waals surface area contributed by atoms with Crippen molar-refractivity contribution in [2.75, 3.05) is 30.3 Å². The number of nitrogens with zero attached hydrogens (tertiary/aromatic N) is 1. The van der Waals surface area contributed by atoms with E-state index >= 15 is 0 Å². The highest BCUT2D eigenvalue weighted by molar-refractivity contribution is 7.92. The fraction of sp³-hybridized carbons (Fsp3) is 0.316. The van der Waals surface area contributed by atoms with Gasteiger partial charge in [0.15, 0.2) is 11.6 Å². The molecule has 0 atom stereocenters. The van der Waals surface area contributed by atoms with Gasteiger partial charge in [0.05, 0.1) is 18.5 Å². The number of carbonyl (C=O) groups is 1. The Morgan fingerprint density at radius 2 is 1.71 bits per heavy atom. The van der Waals surface area contributed by atoms with Crippen molar-refractivity contribution in [3.63, 3.8) is 0 Å². The number of rotatable bonds is 8. The van der Waals surface area contributed by atoms with Gasteiger partial charge in [-0.3, -0.25) is 9.10 Å². The molecule has 0 radical (unpaired) electrons. The molecule has 0 saturated heterocycles. The van der Waals surface area contributed by atoms with Crippen LogP contribution in [0.4, 0.5) is 14.5 Å². The van der Waals surface area contributed by atoms with Crippen LogP contribution in [-0.4, -0.2) is 40.3 Å². The molecule has 0 saturated carbocycles. The van der Waals surface area contributed by atoms with E-state index < -0.39 is 34.1 Å². The minimum absolute atomic E-state index is 0.136. The van der Waals surface area contributed by atoms with Gasteiger partial charge in [0.2, 0.25) is 15.9 Å². The predicted octanol–water partition coefficient (Wildman–Crippen LogP) is 2.54. The SMILES string of the molecule is Cc1cc(C)cc(OCCNC(=O)CN(c2ccc(F)c(F)c2)S(C)(=O)=O)c1.